The Morgan fingerprint density at radius 1 is 1.36 bits per heavy atom. The largest absolute Gasteiger partial charge is 0.480 e. The number of carboxylic acid groups (broad SMARTS) is 1. The number of morpholine rings is 1. The lowest BCUT2D eigenvalue weighted by atomic mass is 10.0. The van der Waals surface area contributed by atoms with Crippen LogP contribution < -0.4 is 5.32 Å². The molecule has 2 unspecified atom stereocenters. The lowest BCUT2D eigenvalue weighted by Gasteiger charge is -2.38. The number of ether oxygens (including phenoxy) is 1. The second kappa shape index (κ2) is 8.73. The van der Waals surface area contributed by atoms with Crippen molar-refractivity contribution >= 4 is 24.3 Å². The molecule has 2 rings (SSSR count). The molecule has 1 aliphatic heterocycles. The van der Waals surface area contributed by atoms with Gasteiger partial charge in [0.15, 0.2) is 0 Å². The molecule has 0 spiro atoms. The van der Waals surface area contributed by atoms with Gasteiger partial charge in [-0.05, 0) is 12.5 Å². The molecule has 1 aliphatic rings. The van der Waals surface area contributed by atoms with Gasteiger partial charge in [-0.2, -0.15) is 0 Å². The number of amides is 1. The minimum Gasteiger partial charge on any atom is -0.480 e. The summed E-state index contributed by atoms with van der Waals surface area (Å²) in [5.74, 6) is -1.33. The van der Waals surface area contributed by atoms with E-state index in [2.05, 4.69) is 5.32 Å². The van der Waals surface area contributed by atoms with Gasteiger partial charge in [0.2, 0.25) is 5.91 Å². The van der Waals surface area contributed by atoms with Crippen LogP contribution in [0.2, 0.25) is 0 Å². The zero-order valence-electron chi connectivity index (χ0n) is 12.4. The Balaban J connectivity index is 0.00000242. The maximum Gasteiger partial charge on any atom is 0.322 e. The maximum atomic E-state index is 11.8. The molecule has 1 saturated heterocycles. The van der Waals surface area contributed by atoms with E-state index in [0.29, 0.717) is 13.2 Å². The molecule has 1 aromatic carbocycles. The van der Waals surface area contributed by atoms with Crippen LogP contribution in [0.25, 0.3) is 0 Å². The van der Waals surface area contributed by atoms with Crippen molar-refractivity contribution in [3.63, 3.8) is 0 Å². The Labute approximate surface area is 135 Å². The fraction of sp³-hybridized carbons (Fsp3) is 0.467. The van der Waals surface area contributed by atoms with Crippen LogP contribution in [0.3, 0.4) is 0 Å². The summed E-state index contributed by atoms with van der Waals surface area (Å²) in [6.45, 7) is 2.94. The molecule has 22 heavy (non-hydrogen) atoms. The Morgan fingerprint density at radius 2 is 2.05 bits per heavy atom. The first-order valence-electron chi connectivity index (χ1n) is 6.95. The van der Waals surface area contributed by atoms with Crippen molar-refractivity contribution in [2.75, 3.05) is 26.2 Å². The first-order valence-corrected chi connectivity index (χ1v) is 6.95. The van der Waals surface area contributed by atoms with E-state index in [-0.39, 0.29) is 43.5 Å². The van der Waals surface area contributed by atoms with Gasteiger partial charge in [-0.15, -0.1) is 12.4 Å². The maximum absolute atomic E-state index is 11.8. The number of carboxylic acids is 1. The number of carbonyl (C=O) groups excluding carboxylic acids is 1. The van der Waals surface area contributed by atoms with Crippen molar-refractivity contribution in [1.29, 1.82) is 0 Å². The Kier molecular flexibility index (Phi) is 7.31. The van der Waals surface area contributed by atoms with Gasteiger partial charge in [-0.3, -0.25) is 14.5 Å². The topological polar surface area (TPSA) is 78.9 Å². The van der Waals surface area contributed by atoms with Gasteiger partial charge in [-0.25, -0.2) is 0 Å². The first kappa shape index (κ1) is 18.4. The summed E-state index contributed by atoms with van der Waals surface area (Å²) in [4.78, 5) is 24.4. The Hall–Kier alpha value is -1.63. The highest BCUT2D eigenvalue weighted by Gasteiger charge is 2.29. The molecule has 7 heteroatoms. The van der Waals surface area contributed by atoms with Gasteiger partial charge in [-0.1, -0.05) is 30.3 Å². The molecule has 0 aliphatic carbocycles. The standard InChI is InChI=1S/C15H20N2O4.ClH/c1-11-8-17(9-14(18)16-7-15(19)20)13(10-21-11)12-5-3-2-4-6-12;/h2-6,11,13H,7-10H2,1H3,(H,16,18)(H,19,20);1H. The van der Waals surface area contributed by atoms with Crippen LogP contribution in [0.15, 0.2) is 30.3 Å². The van der Waals surface area contributed by atoms with E-state index in [4.69, 9.17) is 9.84 Å². The second-order valence-corrected chi connectivity index (χ2v) is 5.17. The number of aliphatic carboxylic acids is 1. The number of benzene rings is 1. The number of hydrogen-bond acceptors (Lipinski definition) is 4. The van der Waals surface area contributed by atoms with Gasteiger partial charge in [0.1, 0.15) is 6.54 Å². The summed E-state index contributed by atoms with van der Waals surface area (Å²) in [5, 5.41) is 11.0. The summed E-state index contributed by atoms with van der Waals surface area (Å²) in [5.41, 5.74) is 1.09. The highest BCUT2D eigenvalue weighted by Crippen LogP contribution is 2.25. The minimum atomic E-state index is -1.04. The highest BCUT2D eigenvalue weighted by atomic mass is 35.5. The molecule has 122 valence electrons. The molecule has 6 nitrogen and oxygen atoms in total. The summed E-state index contributed by atoms with van der Waals surface area (Å²) in [6.07, 6.45) is 0.0530. The normalized spacial score (nSPS) is 21.7. The third-order valence-corrected chi connectivity index (χ3v) is 3.44. The number of hydrogen-bond donors (Lipinski definition) is 2. The van der Waals surface area contributed by atoms with E-state index >= 15 is 0 Å². The molecular formula is C15H21ClN2O4. The van der Waals surface area contributed by atoms with Crippen LogP contribution in [0, 0.1) is 0 Å². The van der Waals surface area contributed by atoms with Crippen molar-refractivity contribution in [2.24, 2.45) is 0 Å². The molecule has 2 N–H and O–H groups in total. The van der Waals surface area contributed by atoms with Gasteiger partial charge in [0.25, 0.3) is 0 Å². The molecule has 0 bridgehead atoms. The van der Waals surface area contributed by atoms with E-state index in [1.165, 1.54) is 0 Å². The van der Waals surface area contributed by atoms with Gasteiger partial charge < -0.3 is 15.2 Å². The average Bonchev–Trinajstić information content (AvgIpc) is 2.46. The number of rotatable bonds is 5. The van der Waals surface area contributed by atoms with Gasteiger partial charge in [0.05, 0.1) is 25.3 Å². The molecule has 0 radical (unpaired) electrons. The lowest BCUT2D eigenvalue weighted by Crippen LogP contribution is -2.48. The van der Waals surface area contributed by atoms with Crippen LogP contribution in [0.1, 0.15) is 18.5 Å². The number of carbonyl (C=O) groups is 2. The fourth-order valence-electron chi connectivity index (χ4n) is 2.44. The zero-order valence-corrected chi connectivity index (χ0v) is 13.2. The first-order chi connectivity index (χ1) is 10.1. The molecule has 1 aromatic rings. The Bertz CT molecular complexity index is 498. The quantitative estimate of drug-likeness (QED) is 0.845. The Morgan fingerprint density at radius 3 is 2.68 bits per heavy atom. The third-order valence-electron chi connectivity index (χ3n) is 3.44. The lowest BCUT2D eigenvalue weighted by molar-refractivity contribution is -0.138. The zero-order chi connectivity index (χ0) is 15.2. The van der Waals surface area contributed by atoms with E-state index in [1.54, 1.807) is 0 Å². The molecule has 1 heterocycles. The van der Waals surface area contributed by atoms with Crippen LogP contribution in [0.4, 0.5) is 0 Å². The number of nitrogens with one attached hydrogen (secondary N) is 1. The van der Waals surface area contributed by atoms with Crippen LogP contribution >= 0.6 is 12.4 Å². The van der Waals surface area contributed by atoms with E-state index in [1.807, 2.05) is 42.2 Å². The molecule has 1 amide bonds. The van der Waals surface area contributed by atoms with Gasteiger partial charge in [0, 0.05) is 6.54 Å². The predicted molar refractivity (Wildman–Crippen MR) is 84.1 cm³/mol. The molecular weight excluding hydrogens is 308 g/mol. The summed E-state index contributed by atoms with van der Waals surface area (Å²) >= 11 is 0. The summed E-state index contributed by atoms with van der Waals surface area (Å²) in [7, 11) is 0. The van der Waals surface area contributed by atoms with Crippen molar-refractivity contribution < 1.29 is 19.4 Å². The fourth-order valence-corrected chi connectivity index (χ4v) is 2.44. The second-order valence-electron chi connectivity index (χ2n) is 5.17. The van der Waals surface area contributed by atoms with E-state index in [0.717, 1.165) is 5.56 Å². The smallest absolute Gasteiger partial charge is 0.322 e. The SMILES string of the molecule is CC1CN(CC(=O)NCC(=O)O)C(c2ccccc2)CO1.Cl. The van der Waals surface area contributed by atoms with Crippen molar-refractivity contribution in [2.45, 2.75) is 19.1 Å². The summed E-state index contributed by atoms with van der Waals surface area (Å²) < 4.78 is 5.69. The van der Waals surface area contributed by atoms with Gasteiger partial charge >= 0.3 is 5.97 Å². The number of nitrogens with zero attached hydrogens (tertiary/aromatic N) is 1. The van der Waals surface area contributed by atoms with Crippen molar-refractivity contribution in [1.82, 2.24) is 10.2 Å². The third kappa shape index (κ3) is 5.29. The molecule has 2 atom stereocenters. The molecule has 1 fully saturated rings. The van der Waals surface area contributed by atoms with E-state index in [9.17, 15) is 9.59 Å². The summed E-state index contributed by atoms with van der Waals surface area (Å²) in [6, 6.07) is 9.88. The van der Waals surface area contributed by atoms with Crippen molar-refractivity contribution in [3.05, 3.63) is 35.9 Å². The van der Waals surface area contributed by atoms with Crippen LogP contribution in [0.5, 0.6) is 0 Å². The average molecular weight is 329 g/mol. The predicted octanol–water partition coefficient (Wildman–Crippen LogP) is 1.07. The monoisotopic (exact) mass is 328 g/mol. The van der Waals surface area contributed by atoms with Crippen molar-refractivity contribution in [3.8, 4) is 0 Å². The minimum absolute atomic E-state index is 0. The van der Waals surface area contributed by atoms with Crippen LogP contribution in [-0.4, -0.2) is 54.2 Å². The van der Waals surface area contributed by atoms with Crippen LogP contribution in [-0.2, 0) is 14.3 Å². The highest BCUT2D eigenvalue weighted by molar-refractivity contribution is 5.85. The van der Waals surface area contributed by atoms with E-state index < -0.39 is 5.97 Å². The molecule has 0 aromatic heterocycles. The molecule has 0 saturated carbocycles. The number of halogens is 1.